The first-order chi connectivity index (χ1) is 13.9. The van der Waals surface area contributed by atoms with E-state index in [1.54, 1.807) is 26.4 Å². The van der Waals surface area contributed by atoms with E-state index in [-0.39, 0.29) is 17.5 Å². The van der Waals surface area contributed by atoms with Crippen molar-refractivity contribution in [1.29, 1.82) is 0 Å². The third-order valence-corrected chi connectivity index (χ3v) is 5.64. The number of aromatic hydroxyl groups is 2. The quantitative estimate of drug-likeness (QED) is 0.659. The van der Waals surface area contributed by atoms with Gasteiger partial charge in [-0.2, -0.15) is 0 Å². The minimum atomic E-state index is 0.103. The summed E-state index contributed by atoms with van der Waals surface area (Å²) in [6.07, 6.45) is 0.693. The van der Waals surface area contributed by atoms with Gasteiger partial charge in [0, 0.05) is 22.9 Å². The van der Waals surface area contributed by atoms with Gasteiger partial charge in [0.15, 0.2) is 0 Å². The van der Waals surface area contributed by atoms with Crippen LogP contribution in [0.15, 0.2) is 35.3 Å². The van der Waals surface area contributed by atoms with Crippen LogP contribution in [0.5, 0.6) is 23.0 Å². The Balaban J connectivity index is 2.19. The first-order valence-corrected chi connectivity index (χ1v) is 9.64. The molecule has 1 aliphatic rings. The normalized spacial score (nSPS) is 15.8. The molecule has 0 saturated carbocycles. The van der Waals surface area contributed by atoms with Crippen LogP contribution in [0, 0.1) is 6.92 Å². The predicted molar refractivity (Wildman–Crippen MR) is 116 cm³/mol. The Morgan fingerprint density at radius 2 is 1.66 bits per heavy atom. The van der Waals surface area contributed by atoms with Gasteiger partial charge in [-0.1, -0.05) is 12.1 Å². The second-order valence-corrected chi connectivity index (χ2v) is 7.56. The van der Waals surface area contributed by atoms with Gasteiger partial charge in [0.25, 0.3) is 0 Å². The molecule has 3 aromatic rings. The highest BCUT2D eigenvalue weighted by molar-refractivity contribution is 6.10. The maximum atomic E-state index is 10.7. The largest absolute Gasteiger partial charge is 0.507 e. The third kappa shape index (κ3) is 2.89. The van der Waals surface area contributed by atoms with Crippen LogP contribution >= 0.6 is 0 Å². The number of phenolic OH excluding ortho intramolecular Hbond substituents is 2. The zero-order valence-electron chi connectivity index (χ0n) is 17.3. The number of hydrogen-bond acceptors (Lipinski definition) is 5. The van der Waals surface area contributed by atoms with Crippen LogP contribution in [0.4, 0.5) is 0 Å². The Bertz CT molecular complexity index is 1160. The number of nitrogens with zero attached hydrogens (tertiary/aromatic N) is 1. The molecule has 0 fully saturated rings. The molecule has 5 nitrogen and oxygen atoms in total. The molecule has 0 spiro atoms. The van der Waals surface area contributed by atoms with Crippen molar-refractivity contribution in [3.63, 3.8) is 0 Å². The Labute approximate surface area is 170 Å². The summed E-state index contributed by atoms with van der Waals surface area (Å²) in [6, 6.07) is 9.24. The van der Waals surface area contributed by atoms with Gasteiger partial charge in [0.1, 0.15) is 23.0 Å². The molecule has 4 rings (SSSR count). The summed E-state index contributed by atoms with van der Waals surface area (Å²) in [4.78, 5) is 4.66. The highest BCUT2D eigenvalue weighted by atomic mass is 16.5. The maximum absolute atomic E-state index is 10.7. The zero-order chi connectivity index (χ0) is 20.9. The molecule has 1 heterocycles. The Hall–Kier alpha value is -3.21. The van der Waals surface area contributed by atoms with E-state index in [1.807, 2.05) is 32.0 Å². The van der Waals surface area contributed by atoms with Crippen molar-refractivity contribution in [2.24, 2.45) is 4.99 Å². The Kier molecular flexibility index (Phi) is 4.61. The smallest absolute Gasteiger partial charge is 0.130 e. The van der Waals surface area contributed by atoms with Crippen LogP contribution in [0.1, 0.15) is 30.5 Å². The standard InChI is InChI=1S/C24H25NO4/c1-12-9-17(26)23-15(7-6-8-19(23)28-4)21(12)24-16-10-13(2)25-14(3)22(16)18(27)11-20(24)29-5/h6-9,11,13,26-27H,10H2,1-5H3/t13-/m0/s1. The number of ether oxygens (including phenoxy) is 2. The van der Waals surface area contributed by atoms with Gasteiger partial charge in [-0.05, 0) is 61.4 Å². The topological polar surface area (TPSA) is 71.3 Å². The number of rotatable bonds is 3. The van der Waals surface area contributed by atoms with E-state index in [0.29, 0.717) is 23.3 Å². The average Bonchev–Trinajstić information content (AvgIpc) is 2.67. The van der Waals surface area contributed by atoms with Crippen LogP contribution in [0.2, 0.25) is 0 Å². The van der Waals surface area contributed by atoms with E-state index in [0.717, 1.165) is 38.9 Å². The lowest BCUT2D eigenvalue weighted by Gasteiger charge is -2.26. The van der Waals surface area contributed by atoms with Gasteiger partial charge in [-0.3, -0.25) is 4.99 Å². The molecule has 150 valence electrons. The van der Waals surface area contributed by atoms with E-state index in [1.165, 1.54) is 0 Å². The summed E-state index contributed by atoms with van der Waals surface area (Å²) >= 11 is 0. The van der Waals surface area contributed by atoms with Crippen molar-refractivity contribution in [3.05, 3.63) is 47.0 Å². The third-order valence-electron chi connectivity index (χ3n) is 5.64. The summed E-state index contributed by atoms with van der Waals surface area (Å²) < 4.78 is 11.2. The molecule has 1 aliphatic heterocycles. The number of benzene rings is 3. The van der Waals surface area contributed by atoms with E-state index in [4.69, 9.17) is 9.47 Å². The summed E-state index contributed by atoms with van der Waals surface area (Å²) in [5, 5.41) is 22.9. The van der Waals surface area contributed by atoms with Crippen LogP contribution in [0.25, 0.3) is 21.9 Å². The molecule has 5 heteroatoms. The first-order valence-electron chi connectivity index (χ1n) is 9.64. The van der Waals surface area contributed by atoms with Crippen LogP contribution in [-0.4, -0.2) is 36.2 Å². The molecule has 0 aliphatic carbocycles. The molecule has 0 saturated heterocycles. The molecule has 0 bridgehead atoms. The number of fused-ring (bicyclic) bond motifs is 2. The van der Waals surface area contributed by atoms with Crippen molar-refractivity contribution >= 4 is 16.5 Å². The molecule has 29 heavy (non-hydrogen) atoms. The van der Waals surface area contributed by atoms with Crippen LogP contribution in [-0.2, 0) is 6.42 Å². The number of methoxy groups -OCH3 is 2. The first kappa shape index (κ1) is 19.1. The SMILES string of the molecule is COc1cc(O)c2c(c1-c1c(C)cc(O)c3c(OC)cccc13)C[C@H](C)N=C2C. The zero-order valence-corrected chi connectivity index (χ0v) is 17.3. The average molecular weight is 391 g/mol. The fraction of sp³-hybridized carbons (Fsp3) is 0.292. The maximum Gasteiger partial charge on any atom is 0.130 e. The molecule has 1 atom stereocenters. The van der Waals surface area contributed by atoms with Crippen molar-refractivity contribution in [3.8, 4) is 34.1 Å². The number of hydrogen-bond donors (Lipinski definition) is 2. The molecule has 0 radical (unpaired) electrons. The second-order valence-electron chi connectivity index (χ2n) is 7.56. The summed E-state index contributed by atoms with van der Waals surface area (Å²) in [5.74, 6) is 1.56. The van der Waals surface area contributed by atoms with Gasteiger partial charge in [-0.25, -0.2) is 0 Å². The van der Waals surface area contributed by atoms with Gasteiger partial charge < -0.3 is 19.7 Å². The van der Waals surface area contributed by atoms with Crippen molar-refractivity contribution in [1.82, 2.24) is 0 Å². The van der Waals surface area contributed by atoms with Crippen molar-refractivity contribution in [2.45, 2.75) is 33.2 Å². The predicted octanol–water partition coefficient (Wildman–Crippen LogP) is 5.00. The lowest BCUT2D eigenvalue weighted by molar-refractivity contribution is 0.408. The number of aliphatic imine (C=N–C) groups is 1. The second kappa shape index (κ2) is 6.99. The van der Waals surface area contributed by atoms with E-state index in [2.05, 4.69) is 11.9 Å². The monoisotopic (exact) mass is 391 g/mol. The number of phenols is 2. The lowest BCUT2D eigenvalue weighted by atomic mass is 9.83. The van der Waals surface area contributed by atoms with Gasteiger partial charge >= 0.3 is 0 Å². The van der Waals surface area contributed by atoms with Gasteiger partial charge in [0.2, 0.25) is 0 Å². The van der Waals surface area contributed by atoms with Crippen molar-refractivity contribution < 1.29 is 19.7 Å². The summed E-state index contributed by atoms with van der Waals surface area (Å²) in [6.45, 7) is 5.96. The van der Waals surface area contributed by atoms with Crippen molar-refractivity contribution in [2.75, 3.05) is 14.2 Å². The molecule has 2 N–H and O–H groups in total. The fourth-order valence-corrected chi connectivity index (χ4v) is 4.54. The summed E-state index contributed by atoms with van der Waals surface area (Å²) in [5.41, 5.74) is 5.41. The highest BCUT2D eigenvalue weighted by Crippen LogP contribution is 2.48. The minimum Gasteiger partial charge on any atom is -0.507 e. The fourth-order valence-electron chi connectivity index (χ4n) is 4.54. The molecule has 0 unspecified atom stereocenters. The van der Waals surface area contributed by atoms with Gasteiger partial charge in [-0.15, -0.1) is 0 Å². The Morgan fingerprint density at radius 3 is 2.34 bits per heavy atom. The highest BCUT2D eigenvalue weighted by Gasteiger charge is 2.28. The van der Waals surface area contributed by atoms with E-state index >= 15 is 0 Å². The van der Waals surface area contributed by atoms with E-state index in [9.17, 15) is 10.2 Å². The van der Waals surface area contributed by atoms with Crippen LogP contribution < -0.4 is 9.47 Å². The molecular weight excluding hydrogens is 366 g/mol. The Morgan fingerprint density at radius 1 is 0.931 bits per heavy atom. The minimum absolute atomic E-state index is 0.103. The van der Waals surface area contributed by atoms with E-state index < -0.39 is 0 Å². The van der Waals surface area contributed by atoms with Gasteiger partial charge in [0.05, 0.1) is 25.6 Å². The molecular formula is C24H25NO4. The van der Waals surface area contributed by atoms with Crippen LogP contribution in [0.3, 0.4) is 0 Å². The molecule has 3 aromatic carbocycles. The lowest BCUT2D eigenvalue weighted by Crippen LogP contribution is -2.18. The summed E-state index contributed by atoms with van der Waals surface area (Å²) in [7, 11) is 3.20. The molecule has 0 aromatic heterocycles. The number of aryl methyl sites for hydroxylation is 1. The molecule has 0 amide bonds.